The molecular formula is C47H48F3N7O8S. The Labute approximate surface area is 378 Å². The molecule has 4 heterocycles. The van der Waals surface area contributed by atoms with Gasteiger partial charge in [-0.05, 0) is 94.0 Å². The Morgan fingerprint density at radius 1 is 0.970 bits per heavy atom. The van der Waals surface area contributed by atoms with Gasteiger partial charge in [-0.1, -0.05) is 49.3 Å². The minimum atomic E-state index is -4.57. The molecule has 1 saturated heterocycles. The molecule has 3 aromatic carbocycles. The van der Waals surface area contributed by atoms with E-state index in [1.807, 2.05) is 19.1 Å². The van der Waals surface area contributed by atoms with Gasteiger partial charge in [-0.15, -0.1) is 0 Å². The fourth-order valence-electron chi connectivity index (χ4n) is 8.77. The van der Waals surface area contributed by atoms with E-state index in [2.05, 4.69) is 30.6 Å². The maximum atomic E-state index is 15.0. The summed E-state index contributed by atoms with van der Waals surface area (Å²) in [6.45, 7) is 2.13. The molecule has 5 aromatic rings. The highest BCUT2D eigenvalue weighted by atomic mass is 32.2. The molecule has 0 bridgehead atoms. The topological polar surface area (TPSA) is 202 Å². The van der Waals surface area contributed by atoms with Crippen LogP contribution in [0.2, 0.25) is 0 Å². The molecule has 5 atom stereocenters. The monoisotopic (exact) mass is 927 g/mol. The number of aromatic nitrogens is 2. The van der Waals surface area contributed by atoms with Gasteiger partial charge in [0.2, 0.25) is 27.4 Å². The van der Waals surface area contributed by atoms with Gasteiger partial charge < -0.3 is 30.0 Å². The molecule has 0 unspecified atom stereocenters. The number of amides is 4. The third-order valence-electron chi connectivity index (χ3n) is 12.6. The highest BCUT2D eigenvalue weighted by Crippen LogP contribution is 2.46. The number of carbonyl (C=O) groups is 4. The van der Waals surface area contributed by atoms with Crippen LogP contribution in [0.25, 0.3) is 33.5 Å². The third kappa shape index (κ3) is 9.17. The van der Waals surface area contributed by atoms with E-state index in [0.29, 0.717) is 66.4 Å². The van der Waals surface area contributed by atoms with Crippen LogP contribution < -0.4 is 25.4 Å². The molecule has 0 radical (unpaired) electrons. The van der Waals surface area contributed by atoms with Crippen molar-refractivity contribution in [2.45, 2.75) is 99.9 Å². The van der Waals surface area contributed by atoms with Gasteiger partial charge in [0.25, 0.3) is 17.7 Å². The van der Waals surface area contributed by atoms with Crippen molar-refractivity contribution in [2.24, 2.45) is 5.92 Å². The van der Waals surface area contributed by atoms with Gasteiger partial charge in [-0.25, -0.2) is 13.4 Å². The number of nitrogens with zero attached hydrogens (tertiary/aromatic N) is 3. The number of hydrogen-bond donors (Lipinski definition) is 4. The largest absolute Gasteiger partial charge is 0.470 e. The third-order valence-corrected chi connectivity index (χ3v) is 14.4. The van der Waals surface area contributed by atoms with Crippen LogP contribution in [0, 0.1) is 5.92 Å². The Bertz CT molecular complexity index is 2830. The molecule has 4 amide bonds. The molecule has 2 aliphatic carbocycles. The quantitative estimate of drug-likeness (QED) is 0.109. The Hall–Kier alpha value is -6.50. The summed E-state index contributed by atoms with van der Waals surface area (Å²) in [5, 5.41) is 8.88. The van der Waals surface area contributed by atoms with Crippen LogP contribution >= 0.6 is 0 Å². The summed E-state index contributed by atoms with van der Waals surface area (Å²) in [4.78, 5) is 66.8. The van der Waals surface area contributed by atoms with E-state index in [4.69, 9.17) is 9.15 Å². The summed E-state index contributed by atoms with van der Waals surface area (Å²) in [5.41, 5.74) is -0.259. The maximum Gasteiger partial charge on any atom is 0.416 e. The van der Waals surface area contributed by atoms with E-state index in [-0.39, 0.29) is 48.1 Å². The number of anilines is 1. The van der Waals surface area contributed by atoms with E-state index >= 15 is 0 Å². The van der Waals surface area contributed by atoms with Crippen molar-refractivity contribution in [1.29, 1.82) is 0 Å². The molecule has 2 saturated carbocycles. The fourth-order valence-corrected chi connectivity index (χ4v) is 10.1. The van der Waals surface area contributed by atoms with Gasteiger partial charge in [-0.3, -0.25) is 23.9 Å². The number of benzene rings is 3. The second-order valence-electron chi connectivity index (χ2n) is 17.3. The molecule has 2 aliphatic heterocycles. The van der Waals surface area contributed by atoms with Gasteiger partial charge in [-0.2, -0.15) is 18.2 Å². The van der Waals surface area contributed by atoms with Crippen LogP contribution in [-0.4, -0.2) is 89.0 Å². The number of fused-ring (bicyclic) bond motifs is 5. The predicted molar refractivity (Wildman–Crippen MR) is 237 cm³/mol. The first-order valence-electron chi connectivity index (χ1n) is 22.2. The minimum absolute atomic E-state index is 0.0452. The normalized spacial score (nSPS) is 24.3. The Balaban J connectivity index is 1.07. The van der Waals surface area contributed by atoms with Crippen molar-refractivity contribution in [3.05, 3.63) is 96.1 Å². The summed E-state index contributed by atoms with van der Waals surface area (Å²) in [7, 11) is -3.97. The fraction of sp³-hybridized carbons (Fsp3) is 0.404. The van der Waals surface area contributed by atoms with E-state index < -0.39 is 74.4 Å². The van der Waals surface area contributed by atoms with Crippen molar-refractivity contribution in [1.82, 2.24) is 30.2 Å². The summed E-state index contributed by atoms with van der Waals surface area (Å²) in [6.07, 6.45) is 2.44. The second kappa shape index (κ2) is 17.7. The van der Waals surface area contributed by atoms with Crippen LogP contribution in [0.15, 0.2) is 89.4 Å². The number of sulfonamides is 1. The average molecular weight is 928 g/mol. The number of para-hydroxylation sites is 1. The molecule has 4 N–H and O–H groups in total. The lowest BCUT2D eigenvalue weighted by molar-refractivity contribution is -0.140. The molecule has 9 rings (SSSR count). The summed E-state index contributed by atoms with van der Waals surface area (Å²) in [6, 6.07) is 16.0. The predicted octanol–water partition coefficient (Wildman–Crippen LogP) is 6.64. The average Bonchev–Trinajstić information content (AvgIpc) is 4.20. The van der Waals surface area contributed by atoms with Crippen molar-refractivity contribution in [2.75, 3.05) is 18.4 Å². The zero-order chi connectivity index (χ0) is 46.4. The van der Waals surface area contributed by atoms with Gasteiger partial charge in [0.05, 0.1) is 17.4 Å². The first-order chi connectivity index (χ1) is 31.6. The van der Waals surface area contributed by atoms with E-state index in [9.17, 15) is 40.8 Å². The van der Waals surface area contributed by atoms with Gasteiger partial charge >= 0.3 is 6.18 Å². The van der Waals surface area contributed by atoms with Crippen LogP contribution in [0.1, 0.15) is 80.6 Å². The van der Waals surface area contributed by atoms with Crippen LogP contribution in [0.5, 0.6) is 5.88 Å². The van der Waals surface area contributed by atoms with Crippen LogP contribution in [0.4, 0.5) is 18.9 Å². The number of carbonyl (C=O) groups excluding carboxylic acids is 4. The number of halogens is 3. The molecular weight excluding hydrogens is 880 g/mol. The zero-order valence-corrected chi connectivity index (χ0v) is 36.7. The minimum Gasteiger partial charge on any atom is -0.470 e. The molecule has 15 nitrogen and oxygen atoms in total. The van der Waals surface area contributed by atoms with Gasteiger partial charge in [0.1, 0.15) is 34.8 Å². The highest BCUT2D eigenvalue weighted by Gasteiger charge is 2.62. The van der Waals surface area contributed by atoms with Crippen LogP contribution in [0.3, 0.4) is 0 Å². The number of allylic oxidation sites excluding steroid dienone is 1. The lowest BCUT2D eigenvalue weighted by atomic mass is 10.0. The number of nitrogens with one attached hydrogen (secondary N) is 4. The van der Waals surface area contributed by atoms with Crippen molar-refractivity contribution >= 4 is 61.4 Å². The smallest absolute Gasteiger partial charge is 0.416 e. The summed E-state index contributed by atoms with van der Waals surface area (Å²) < 4.78 is 81.5. The lowest BCUT2D eigenvalue weighted by Crippen LogP contribution is -2.57. The van der Waals surface area contributed by atoms with E-state index in [1.165, 1.54) is 17.0 Å². The van der Waals surface area contributed by atoms with Gasteiger partial charge in [0.15, 0.2) is 5.82 Å². The standard InChI is InChI=1S/C47H48F3N7O8S/c1-2-51-41(58)28-16-20-31(21-17-28)52-35-12-7-5-3-4-6-10-30-25-46(30,45(61)56-66(62,63)33-22-23-33)55-42(59)36-24-32(26-57(36)44(35)60)64-43-39-38(34-11-8-9-13-37(34)65-39)53-40(54-43)27-14-18-29(19-15-27)47(48,49)50/h6,8-11,13-21,30,32-33,35-36,52H,2-5,7,12,22-26H2,1H3,(H,51,58)(H,55,59)(H,56,61)/b10-6-/t30-,32-,35+,36+,46-/m1/s1. The number of ether oxygens (including phenoxy) is 1. The van der Waals surface area contributed by atoms with E-state index in [0.717, 1.165) is 25.0 Å². The molecule has 346 valence electrons. The highest BCUT2D eigenvalue weighted by molar-refractivity contribution is 7.91. The first-order valence-corrected chi connectivity index (χ1v) is 23.7. The Morgan fingerprint density at radius 3 is 2.45 bits per heavy atom. The van der Waals surface area contributed by atoms with E-state index in [1.54, 1.807) is 48.5 Å². The summed E-state index contributed by atoms with van der Waals surface area (Å²) in [5.74, 6) is -2.74. The van der Waals surface area contributed by atoms with Crippen molar-refractivity contribution < 1.29 is 49.9 Å². The van der Waals surface area contributed by atoms with Crippen LogP contribution in [-0.2, 0) is 30.6 Å². The second-order valence-corrected chi connectivity index (χ2v) is 19.3. The molecule has 19 heteroatoms. The zero-order valence-electron chi connectivity index (χ0n) is 35.9. The molecule has 0 spiro atoms. The molecule has 2 aromatic heterocycles. The Morgan fingerprint density at radius 2 is 1.73 bits per heavy atom. The SMILES string of the molecule is CCNC(=O)c1ccc(N[C@H]2CCCCC/C=C\[C@@H]3C[C@@]3(C(=O)NS(=O)(=O)C3CC3)NC(=O)[C@@H]3C[C@@H](Oc4nc(-c5ccc(C(F)(F)F)cc5)nc5c4oc4ccccc45)CN3C2=O)cc1. The van der Waals surface area contributed by atoms with Crippen molar-refractivity contribution in [3.63, 3.8) is 0 Å². The van der Waals surface area contributed by atoms with Gasteiger partial charge in [0, 0.05) is 41.1 Å². The molecule has 66 heavy (non-hydrogen) atoms. The maximum absolute atomic E-state index is 15.0. The number of alkyl halides is 3. The Kier molecular flexibility index (Phi) is 12.0. The number of furan rings is 1. The first kappa shape index (κ1) is 44.7. The number of rotatable bonds is 10. The number of hydrogen-bond acceptors (Lipinski definition) is 11. The lowest BCUT2D eigenvalue weighted by Gasteiger charge is -2.30. The summed E-state index contributed by atoms with van der Waals surface area (Å²) >= 11 is 0. The molecule has 3 fully saturated rings. The molecule has 4 aliphatic rings. The van der Waals surface area contributed by atoms with Crippen molar-refractivity contribution in [3.8, 4) is 17.3 Å².